The van der Waals surface area contributed by atoms with Crippen LogP contribution < -0.4 is 23.1 Å². The maximum Gasteiger partial charge on any atom is 0.306 e. The van der Waals surface area contributed by atoms with Gasteiger partial charge in [0, 0.05) is 12.7 Å². The Bertz CT molecular complexity index is 1410. The van der Waals surface area contributed by atoms with Crippen molar-refractivity contribution in [1.29, 1.82) is 0 Å². The van der Waals surface area contributed by atoms with Crippen LogP contribution in [-0.4, -0.2) is 49.4 Å². The third-order valence-electron chi connectivity index (χ3n) is 5.51. The molecule has 0 atom stereocenters. The molecule has 39 heavy (non-hydrogen) atoms. The van der Waals surface area contributed by atoms with Crippen molar-refractivity contribution in [3.63, 3.8) is 0 Å². The van der Waals surface area contributed by atoms with E-state index in [-0.39, 0.29) is 18.3 Å². The summed E-state index contributed by atoms with van der Waals surface area (Å²) in [7, 11) is 0.342. The lowest BCUT2D eigenvalue weighted by atomic mass is 9.96. The zero-order valence-corrected chi connectivity index (χ0v) is 23.7. The lowest BCUT2D eigenvalue weighted by molar-refractivity contribution is 0.0487. The van der Waals surface area contributed by atoms with Crippen molar-refractivity contribution in [3.8, 4) is 51.0 Å². The zero-order valence-electron chi connectivity index (χ0n) is 22.9. The number of halogens is 1. The summed E-state index contributed by atoms with van der Waals surface area (Å²) in [4.78, 5) is 0. The van der Waals surface area contributed by atoms with Gasteiger partial charge in [-0.1, -0.05) is 29.8 Å². The molecule has 0 amide bonds. The number of methoxy groups -OCH3 is 3. The van der Waals surface area contributed by atoms with E-state index in [1.807, 2.05) is 13.8 Å². The SMILES string of the molecule is COCOc1cc(-c2c(OC)cc(-c3ccc(F)cc3)c(OC)c2OS(C)(=O)=O)ccc1OCCC=C(C)C. The quantitative estimate of drug-likeness (QED) is 0.105. The van der Waals surface area contributed by atoms with Gasteiger partial charge in [0.1, 0.15) is 11.6 Å². The van der Waals surface area contributed by atoms with Gasteiger partial charge in [0.2, 0.25) is 0 Å². The average molecular weight is 561 g/mol. The van der Waals surface area contributed by atoms with Crippen LogP contribution >= 0.6 is 0 Å². The molecule has 0 N–H and O–H groups in total. The van der Waals surface area contributed by atoms with E-state index in [1.54, 1.807) is 36.4 Å². The van der Waals surface area contributed by atoms with E-state index < -0.39 is 15.9 Å². The Morgan fingerprint density at radius 2 is 1.54 bits per heavy atom. The minimum absolute atomic E-state index is 0.0373. The van der Waals surface area contributed by atoms with Crippen LogP contribution in [0.15, 0.2) is 60.2 Å². The Labute approximate surface area is 229 Å². The Balaban J connectivity index is 2.23. The van der Waals surface area contributed by atoms with Gasteiger partial charge in [-0.2, -0.15) is 8.42 Å². The Morgan fingerprint density at radius 3 is 2.13 bits per heavy atom. The molecule has 0 saturated carbocycles. The second-order valence-electron chi connectivity index (χ2n) is 8.79. The molecule has 0 aromatic heterocycles. The van der Waals surface area contributed by atoms with E-state index in [0.717, 1.165) is 12.7 Å². The molecule has 8 nitrogen and oxygen atoms in total. The topological polar surface area (TPSA) is 89.5 Å². The zero-order chi connectivity index (χ0) is 28.6. The summed E-state index contributed by atoms with van der Waals surface area (Å²) in [6.45, 7) is 4.42. The highest BCUT2D eigenvalue weighted by atomic mass is 32.2. The van der Waals surface area contributed by atoms with Gasteiger partial charge < -0.3 is 27.9 Å². The number of hydrogen-bond donors (Lipinski definition) is 0. The highest BCUT2D eigenvalue weighted by Gasteiger charge is 2.27. The van der Waals surface area contributed by atoms with E-state index >= 15 is 0 Å². The van der Waals surface area contributed by atoms with Gasteiger partial charge >= 0.3 is 10.1 Å². The first-order chi connectivity index (χ1) is 18.6. The smallest absolute Gasteiger partial charge is 0.306 e. The van der Waals surface area contributed by atoms with Gasteiger partial charge in [-0.3, -0.25) is 0 Å². The summed E-state index contributed by atoms with van der Waals surface area (Å²) in [5.41, 5.74) is 3.03. The molecule has 0 bridgehead atoms. The van der Waals surface area contributed by atoms with Crippen molar-refractivity contribution < 1.29 is 40.7 Å². The Kier molecular flexibility index (Phi) is 10.2. The van der Waals surface area contributed by atoms with Crippen LogP contribution in [0.25, 0.3) is 22.3 Å². The fourth-order valence-electron chi connectivity index (χ4n) is 3.86. The average Bonchev–Trinajstić information content (AvgIpc) is 2.89. The molecule has 0 aliphatic carbocycles. The fourth-order valence-corrected chi connectivity index (χ4v) is 4.32. The molecule has 0 aliphatic heterocycles. The van der Waals surface area contributed by atoms with Gasteiger partial charge in [0.05, 0.1) is 32.6 Å². The van der Waals surface area contributed by atoms with Crippen molar-refractivity contribution in [1.82, 2.24) is 0 Å². The van der Waals surface area contributed by atoms with E-state index in [4.69, 9.17) is 27.9 Å². The first kappa shape index (κ1) is 29.8. The van der Waals surface area contributed by atoms with Gasteiger partial charge in [-0.05, 0) is 61.7 Å². The lowest BCUT2D eigenvalue weighted by Gasteiger charge is -2.21. The summed E-state index contributed by atoms with van der Waals surface area (Å²) in [6.07, 6.45) is 3.72. The molecule has 0 fully saturated rings. The Morgan fingerprint density at radius 1 is 0.846 bits per heavy atom. The molecule has 0 saturated heterocycles. The van der Waals surface area contributed by atoms with Crippen LogP contribution in [-0.2, 0) is 14.9 Å². The molecule has 0 radical (unpaired) electrons. The predicted octanol–water partition coefficient (Wildman–Crippen LogP) is 6.23. The number of benzene rings is 3. The van der Waals surface area contributed by atoms with Crippen molar-refractivity contribution in [2.24, 2.45) is 0 Å². The van der Waals surface area contributed by atoms with E-state index in [9.17, 15) is 12.8 Å². The van der Waals surface area contributed by atoms with Crippen molar-refractivity contribution >= 4 is 10.1 Å². The summed E-state index contributed by atoms with van der Waals surface area (Å²) in [5.74, 6) is 0.778. The molecular weight excluding hydrogens is 527 g/mol. The second kappa shape index (κ2) is 13.3. The number of ether oxygens (including phenoxy) is 5. The Hall–Kier alpha value is -3.76. The predicted molar refractivity (Wildman–Crippen MR) is 148 cm³/mol. The molecule has 210 valence electrons. The van der Waals surface area contributed by atoms with Crippen molar-refractivity contribution in [3.05, 3.63) is 66.0 Å². The first-order valence-corrected chi connectivity index (χ1v) is 13.9. The van der Waals surface area contributed by atoms with Crippen LogP contribution in [0.2, 0.25) is 0 Å². The summed E-state index contributed by atoms with van der Waals surface area (Å²) in [6, 6.07) is 12.5. The minimum Gasteiger partial charge on any atom is -0.496 e. The monoisotopic (exact) mass is 560 g/mol. The molecule has 0 aliphatic rings. The van der Waals surface area contributed by atoms with Gasteiger partial charge in [-0.15, -0.1) is 0 Å². The number of hydrogen-bond acceptors (Lipinski definition) is 8. The van der Waals surface area contributed by atoms with Gasteiger partial charge in [0.25, 0.3) is 0 Å². The lowest BCUT2D eigenvalue weighted by Crippen LogP contribution is -2.09. The highest BCUT2D eigenvalue weighted by Crippen LogP contribution is 2.51. The van der Waals surface area contributed by atoms with Crippen LogP contribution in [0.4, 0.5) is 4.39 Å². The van der Waals surface area contributed by atoms with Crippen LogP contribution in [0.5, 0.6) is 28.7 Å². The van der Waals surface area contributed by atoms with Gasteiger partial charge in [-0.25, -0.2) is 4.39 Å². The van der Waals surface area contributed by atoms with Crippen LogP contribution in [0.3, 0.4) is 0 Å². The maximum absolute atomic E-state index is 13.6. The summed E-state index contributed by atoms with van der Waals surface area (Å²) >= 11 is 0. The van der Waals surface area contributed by atoms with Gasteiger partial charge in [0.15, 0.2) is 29.8 Å². The highest BCUT2D eigenvalue weighted by molar-refractivity contribution is 7.86. The summed E-state index contributed by atoms with van der Waals surface area (Å²) < 4.78 is 72.0. The normalized spacial score (nSPS) is 11.1. The van der Waals surface area contributed by atoms with Crippen molar-refractivity contribution in [2.45, 2.75) is 20.3 Å². The number of allylic oxidation sites excluding steroid dienone is 1. The van der Waals surface area contributed by atoms with E-state index in [0.29, 0.717) is 46.1 Å². The molecule has 3 rings (SSSR count). The number of rotatable bonds is 13. The molecule has 0 heterocycles. The maximum atomic E-state index is 13.6. The molecule has 3 aromatic carbocycles. The fraction of sp³-hybridized carbons (Fsp3) is 0.310. The van der Waals surface area contributed by atoms with Crippen LogP contribution in [0, 0.1) is 5.82 Å². The molecular formula is C29H33FO8S. The van der Waals surface area contributed by atoms with Crippen molar-refractivity contribution in [2.75, 3.05) is 41.0 Å². The van der Waals surface area contributed by atoms with Crippen LogP contribution in [0.1, 0.15) is 20.3 Å². The first-order valence-electron chi connectivity index (χ1n) is 12.0. The molecule has 0 unspecified atom stereocenters. The third kappa shape index (κ3) is 7.87. The minimum atomic E-state index is -4.00. The summed E-state index contributed by atoms with van der Waals surface area (Å²) in [5, 5.41) is 0. The largest absolute Gasteiger partial charge is 0.496 e. The third-order valence-corrected chi connectivity index (χ3v) is 5.98. The van der Waals surface area contributed by atoms with E-state index in [1.165, 1.54) is 39.0 Å². The molecule has 3 aromatic rings. The molecule has 0 spiro atoms. The van der Waals surface area contributed by atoms with E-state index in [2.05, 4.69) is 6.08 Å². The standard InChI is InChI=1S/C29H33FO8S/c1-19(2)8-7-15-36-24-14-11-21(16-25(24)37-18-33-3)27-26(34-4)17-23(20-9-12-22(30)13-10-20)28(35-5)29(27)38-39(6,31)32/h8-14,16-17H,7,15,18H2,1-6H3. The molecule has 10 heteroatoms. The second-order valence-corrected chi connectivity index (χ2v) is 10.4.